The van der Waals surface area contributed by atoms with Crippen molar-refractivity contribution in [3.05, 3.63) is 59.9 Å². The number of aryl methyl sites for hydroxylation is 1. The van der Waals surface area contributed by atoms with E-state index in [2.05, 4.69) is 10.2 Å². The summed E-state index contributed by atoms with van der Waals surface area (Å²) < 4.78 is 23.9. The zero-order valence-electron chi connectivity index (χ0n) is 12.5. The average Bonchev–Trinajstić information content (AvgIpc) is 3.02. The van der Waals surface area contributed by atoms with Gasteiger partial charge in [-0.05, 0) is 42.8 Å². The molecular formula is C17H15FN2O2S. The van der Waals surface area contributed by atoms with Gasteiger partial charge >= 0.3 is 0 Å². The SMILES string of the molecule is Cc1ccccc1-c1nnc(SCCOc2ccc(F)cc2)o1. The first-order valence-electron chi connectivity index (χ1n) is 7.13. The molecule has 0 saturated carbocycles. The Kier molecular flexibility index (Phi) is 4.92. The Balaban J connectivity index is 1.52. The number of aromatic nitrogens is 2. The van der Waals surface area contributed by atoms with Gasteiger partial charge in [-0.2, -0.15) is 0 Å². The van der Waals surface area contributed by atoms with E-state index in [4.69, 9.17) is 9.15 Å². The van der Waals surface area contributed by atoms with Gasteiger partial charge in [0, 0.05) is 11.3 Å². The third-order valence-corrected chi connectivity index (χ3v) is 3.96. The lowest BCUT2D eigenvalue weighted by atomic mass is 10.1. The lowest BCUT2D eigenvalue weighted by molar-refractivity contribution is 0.342. The quantitative estimate of drug-likeness (QED) is 0.496. The summed E-state index contributed by atoms with van der Waals surface area (Å²) in [6, 6.07) is 13.8. The molecule has 0 fully saturated rings. The summed E-state index contributed by atoms with van der Waals surface area (Å²) in [5, 5.41) is 8.61. The molecule has 3 rings (SSSR count). The van der Waals surface area contributed by atoms with E-state index in [1.165, 1.54) is 23.9 Å². The van der Waals surface area contributed by atoms with Gasteiger partial charge in [-0.25, -0.2) is 4.39 Å². The van der Waals surface area contributed by atoms with Crippen molar-refractivity contribution in [2.75, 3.05) is 12.4 Å². The summed E-state index contributed by atoms with van der Waals surface area (Å²) in [7, 11) is 0. The zero-order valence-corrected chi connectivity index (χ0v) is 13.3. The lowest BCUT2D eigenvalue weighted by Crippen LogP contribution is -1.99. The number of rotatable bonds is 6. The van der Waals surface area contributed by atoms with Crippen LogP contribution in [0, 0.1) is 12.7 Å². The molecule has 118 valence electrons. The van der Waals surface area contributed by atoms with Gasteiger partial charge < -0.3 is 9.15 Å². The molecule has 23 heavy (non-hydrogen) atoms. The Morgan fingerprint density at radius 3 is 2.65 bits per heavy atom. The highest BCUT2D eigenvalue weighted by Crippen LogP contribution is 2.25. The normalized spacial score (nSPS) is 10.7. The van der Waals surface area contributed by atoms with Crippen LogP contribution in [0.1, 0.15) is 5.56 Å². The topological polar surface area (TPSA) is 48.2 Å². The molecule has 0 unspecified atom stereocenters. The average molecular weight is 330 g/mol. The minimum atomic E-state index is -0.277. The van der Waals surface area contributed by atoms with Crippen LogP contribution in [0.15, 0.2) is 58.2 Å². The summed E-state index contributed by atoms with van der Waals surface area (Å²) >= 11 is 1.42. The van der Waals surface area contributed by atoms with E-state index in [0.29, 0.717) is 29.2 Å². The van der Waals surface area contributed by atoms with Crippen molar-refractivity contribution in [3.8, 4) is 17.2 Å². The van der Waals surface area contributed by atoms with Crippen molar-refractivity contribution in [3.63, 3.8) is 0 Å². The Bertz CT molecular complexity index is 774. The maximum atomic E-state index is 12.8. The second-order valence-electron chi connectivity index (χ2n) is 4.84. The molecule has 0 radical (unpaired) electrons. The van der Waals surface area contributed by atoms with E-state index < -0.39 is 0 Å². The highest BCUT2D eigenvalue weighted by Gasteiger charge is 2.10. The first-order valence-corrected chi connectivity index (χ1v) is 8.11. The molecule has 0 saturated heterocycles. The van der Waals surface area contributed by atoms with Crippen LogP contribution in [0.4, 0.5) is 4.39 Å². The molecule has 0 aliphatic heterocycles. The molecule has 3 aromatic rings. The van der Waals surface area contributed by atoms with E-state index in [1.807, 2.05) is 31.2 Å². The monoisotopic (exact) mass is 330 g/mol. The summed E-state index contributed by atoms with van der Waals surface area (Å²) in [6.45, 7) is 2.47. The molecule has 4 nitrogen and oxygen atoms in total. The predicted molar refractivity (Wildman–Crippen MR) is 87.1 cm³/mol. The number of hydrogen-bond acceptors (Lipinski definition) is 5. The van der Waals surface area contributed by atoms with E-state index in [9.17, 15) is 4.39 Å². The molecule has 0 aliphatic carbocycles. The van der Waals surface area contributed by atoms with Gasteiger partial charge in [-0.1, -0.05) is 30.0 Å². The van der Waals surface area contributed by atoms with Crippen LogP contribution in [0.3, 0.4) is 0 Å². The fraction of sp³-hybridized carbons (Fsp3) is 0.176. The molecule has 1 heterocycles. The number of thioether (sulfide) groups is 1. The van der Waals surface area contributed by atoms with Gasteiger partial charge in [-0.15, -0.1) is 10.2 Å². The molecule has 0 bridgehead atoms. The number of benzene rings is 2. The third-order valence-electron chi connectivity index (χ3n) is 3.17. The molecule has 0 aliphatic rings. The fourth-order valence-corrected chi connectivity index (χ4v) is 2.59. The minimum Gasteiger partial charge on any atom is -0.493 e. The first-order chi connectivity index (χ1) is 11.2. The van der Waals surface area contributed by atoms with Crippen LogP contribution in [-0.4, -0.2) is 22.6 Å². The van der Waals surface area contributed by atoms with E-state index >= 15 is 0 Å². The second kappa shape index (κ2) is 7.28. The Morgan fingerprint density at radius 2 is 1.87 bits per heavy atom. The van der Waals surface area contributed by atoms with Gasteiger partial charge in [-0.3, -0.25) is 0 Å². The Morgan fingerprint density at radius 1 is 1.09 bits per heavy atom. The molecule has 6 heteroatoms. The Hall–Kier alpha value is -2.34. The van der Waals surface area contributed by atoms with Crippen LogP contribution < -0.4 is 4.74 Å². The molecule has 0 spiro atoms. The smallest absolute Gasteiger partial charge is 0.276 e. The Labute approximate surface area is 137 Å². The predicted octanol–water partition coefficient (Wildman–Crippen LogP) is 4.36. The third kappa shape index (κ3) is 4.10. The van der Waals surface area contributed by atoms with Crippen LogP contribution >= 0.6 is 11.8 Å². The minimum absolute atomic E-state index is 0.277. The van der Waals surface area contributed by atoms with Crippen molar-refractivity contribution in [2.24, 2.45) is 0 Å². The molecule has 0 N–H and O–H groups in total. The standard InChI is InChI=1S/C17H15FN2O2S/c1-12-4-2-3-5-15(12)16-19-20-17(22-16)23-11-10-21-14-8-6-13(18)7-9-14/h2-9H,10-11H2,1H3. The number of nitrogens with zero attached hydrogens (tertiary/aromatic N) is 2. The van der Waals surface area contributed by atoms with E-state index in [-0.39, 0.29) is 5.82 Å². The summed E-state index contributed by atoms with van der Waals surface area (Å²) in [4.78, 5) is 0. The largest absolute Gasteiger partial charge is 0.493 e. The summed E-state index contributed by atoms with van der Waals surface area (Å²) in [6.07, 6.45) is 0. The van der Waals surface area contributed by atoms with E-state index in [0.717, 1.165) is 11.1 Å². The maximum absolute atomic E-state index is 12.8. The summed E-state index contributed by atoms with van der Waals surface area (Å²) in [5.74, 6) is 1.54. The molecule has 1 aromatic heterocycles. The van der Waals surface area contributed by atoms with Crippen molar-refractivity contribution in [1.82, 2.24) is 10.2 Å². The zero-order chi connectivity index (χ0) is 16.1. The molecule has 0 amide bonds. The highest BCUT2D eigenvalue weighted by atomic mass is 32.2. The molecule has 2 aromatic carbocycles. The lowest BCUT2D eigenvalue weighted by Gasteiger charge is -2.04. The fourth-order valence-electron chi connectivity index (χ4n) is 2.01. The van der Waals surface area contributed by atoms with Crippen LogP contribution in [0.5, 0.6) is 5.75 Å². The van der Waals surface area contributed by atoms with Crippen LogP contribution in [-0.2, 0) is 0 Å². The number of hydrogen-bond donors (Lipinski definition) is 0. The molecular weight excluding hydrogens is 315 g/mol. The van der Waals surface area contributed by atoms with Gasteiger partial charge in [0.15, 0.2) is 0 Å². The van der Waals surface area contributed by atoms with Gasteiger partial charge in [0.05, 0.1) is 6.61 Å². The van der Waals surface area contributed by atoms with Crippen LogP contribution in [0.2, 0.25) is 0 Å². The van der Waals surface area contributed by atoms with Crippen molar-refractivity contribution < 1.29 is 13.5 Å². The molecule has 0 atom stereocenters. The van der Waals surface area contributed by atoms with Crippen molar-refractivity contribution >= 4 is 11.8 Å². The van der Waals surface area contributed by atoms with Gasteiger partial charge in [0.2, 0.25) is 5.89 Å². The first kappa shape index (κ1) is 15.6. The summed E-state index contributed by atoms with van der Waals surface area (Å²) in [5.41, 5.74) is 2.03. The van der Waals surface area contributed by atoms with Crippen molar-refractivity contribution in [1.29, 1.82) is 0 Å². The highest BCUT2D eigenvalue weighted by molar-refractivity contribution is 7.99. The number of ether oxygens (including phenoxy) is 1. The maximum Gasteiger partial charge on any atom is 0.276 e. The van der Waals surface area contributed by atoms with Gasteiger partial charge in [0.25, 0.3) is 5.22 Å². The van der Waals surface area contributed by atoms with Gasteiger partial charge in [0.1, 0.15) is 11.6 Å². The van der Waals surface area contributed by atoms with Crippen LogP contribution in [0.25, 0.3) is 11.5 Å². The van der Waals surface area contributed by atoms with E-state index in [1.54, 1.807) is 12.1 Å². The number of halogens is 1. The van der Waals surface area contributed by atoms with Crippen molar-refractivity contribution in [2.45, 2.75) is 12.1 Å². The second-order valence-corrected chi connectivity index (χ2v) is 5.89.